The average Bonchev–Trinajstić information content (AvgIpc) is 1.45. The standard InChI is InChI=1S/C69H82ClF3N10O9S3/c1-77-62-42-55(16-19-60(62)83(67(77)87)61-20-21-64(84)75-66(61)86)81-31-23-48(24-32-81)45-79-33-27-68(28-34-79)26-22-58(49-8-12-52(70)13-9-49)51(44-68)46-80-35-37-82(38-36-80)54-14-10-50(11-15-54)65(85)76-95(90,91)57-17-18-59(63(43-57)94(88,89)69(71,72)73)74-53(47-93-56-6-3-2-4-7-56)25-30-78-29-5-40-92-41-39-78/h2-4,6-19,42-43,48,53,61,74H,5,20-41,44-47H2,1H3,(H,76,85)(H,75,84,86)/t53-,61?/m1/s1. The lowest BCUT2D eigenvalue weighted by molar-refractivity contribution is -0.135. The van der Waals surface area contributed by atoms with Crippen LogP contribution in [0, 0.1) is 11.3 Å². The quantitative estimate of drug-likeness (QED) is 0.0480. The molecule has 0 bridgehead atoms. The Labute approximate surface area is 562 Å². The van der Waals surface area contributed by atoms with Gasteiger partial charge < -0.3 is 29.7 Å². The number of sulfonamides is 1. The van der Waals surface area contributed by atoms with E-state index in [-0.39, 0.29) is 29.0 Å². The van der Waals surface area contributed by atoms with Crippen LogP contribution in [0.1, 0.15) is 92.6 Å². The smallest absolute Gasteiger partial charge is 0.380 e. The lowest BCUT2D eigenvalue weighted by Crippen LogP contribution is -2.48. The molecule has 0 saturated carbocycles. The molecule has 3 N–H and O–H groups in total. The van der Waals surface area contributed by atoms with E-state index in [1.54, 1.807) is 23.7 Å². The molecule has 0 radical (unpaired) electrons. The summed E-state index contributed by atoms with van der Waals surface area (Å²) in [6.45, 7) is 12.0. The number of sulfone groups is 1. The highest BCUT2D eigenvalue weighted by Crippen LogP contribution is 2.50. The molecule has 5 saturated heterocycles. The SMILES string of the molecule is Cn1c(=O)n(C2CCC(=O)NC2=O)c2ccc(N3CCC(CN4CCC5(CCC(c6ccc(Cl)cc6)=C(CN6CCN(c7ccc(C(=O)NS(=O)(=O)c8ccc(N[C@H](CCN9CCCOCC9)CSc9ccccc9)c(S(=O)(=O)C(F)(F)F)c8)cc7)CC6)C5)CC4)CC3)cc21. The Morgan fingerprint density at radius 3 is 2.18 bits per heavy atom. The largest absolute Gasteiger partial charge is 0.501 e. The third-order valence-corrected chi connectivity index (χ3v) is 24.4. The molecule has 6 heterocycles. The molecule has 12 rings (SSSR count). The van der Waals surface area contributed by atoms with Gasteiger partial charge in [-0.2, -0.15) is 13.2 Å². The molecule has 1 unspecified atom stereocenters. The summed E-state index contributed by atoms with van der Waals surface area (Å²) in [6.07, 6.45) is 9.30. The molecule has 5 fully saturated rings. The number of nitrogens with zero attached hydrogens (tertiary/aromatic N) is 7. The van der Waals surface area contributed by atoms with Crippen LogP contribution >= 0.6 is 23.4 Å². The minimum absolute atomic E-state index is 0.0166. The van der Waals surface area contributed by atoms with Crippen LogP contribution in [0.4, 0.5) is 30.2 Å². The number of carbonyl (C=O) groups is 3. The van der Waals surface area contributed by atoms with Crippen molar-refractivity contribution >= 4 is 94.6 Å². The first kappa shape index (κ1) is 68.2. The molecule has 2 atom stereocenters. The van der Waals surface area contributed by atoms with Gasteiger partial charge in [-0.25, -0.2) is 26.4 Å². The molecule has 19 nitrogen and oxygen atoms in total. The Kier molecular flexibility index (Phi) is 20.9. The highest BCUT2D eigenvalue weighted by atomic mass is 35.5. The van der Waals surface area contributed by atoms with Crippen LogP contribution in [0.15, 0.2) is 140 Å². The first-order valence-corrected chi connectivity index (χ1v) is 37.2. The fraction of sp³-hybridized carbons (Fsp3) is 0.478. The van der Waals surface area contributed by atoms with E-state index in [9.17, 15) is 49.2 Å². The summed E-state index contributed by atoms with van der Waals surface area (Å²) in [7, 11) is -9.26. The number of alkyl halides is 3. The van der Waals surface area contributed by atoms with Crippen molar-refractivity contribution in [3.8, 4) is 0 Å². The zero-order valence-electron chi connectivity index (χ0n) is 53.3. The van der Waals surface area contributed by atoms with E-state index < -0.39 is 64.7 Å². The van der Waals surface area contributed by atoms with Crippen molar-refractivity contribution in [1.82, 2.24) is 33.9 Å². The molecule has 95 heavy (non-hydrogen) atoms. The van der Waals surface area contributed by atoms with Crippen LogP contribution in [-0.2, 0) is 41.2 Å². The van der Waals surface area contributed by atoms with Gasteiger partial charge in [-0.15, -0.1) is 11.8 Å². The fourth-order valence-electron chi connectivity index (χ4n) is 14.6. The number of fused-ring (bicyclic) bond motifs is 1. The molecule has 3 amide bonds. The maximum Gasteiger partial charge on any atom is 0.501 e. The number of anilines is 3. The Balaban J connectivity index is 0.646. The summed E-state index contributed by atoms with van der Waals surface area (Å²) in [5.41, 5.74) is 1.17. The number of hydrogen-bond acceptors (Lipinski definition) is 16. The van der Waals surface area contributed by atoms with Crippen LogP contribution in [0.3, 0.4) is 0 Å². The minimum atomic E-state index is -6.10. The van der Waals surface area contributed by atoms with Crippen molar-refractivity contribution in [2.75, 3.05) is 119 Å². The number of aromatic nitrogens is 2. The van der Waals surface area contributed by atoms with Gasteiger partial charge >= 0.3 is 11.2 Å². The highest BCUT2D eigenvalue weighted by molar-refractivity contribution is 7.99. The van der Waals surface area contributed by atoms with Gasteiger partial charge in [0.25, 0.3) is 25.8 Å². The van der Waals surface area contributed by atoms with E-state index in [0.29, 0.717) is 80.5 Å². The van der Waals surface area contributed by atoms with E-state index in [4.69, 9.17) is 16.3 Å². The summed E-state index contributed by atoms with van der Waals surface area (Å²) < 4.78 is 108. The number of allylic oxidation sites excluding steroid dienone is 1. The number of hydrogen-bond donors (Lipinski definition) is 3. The van der Waals surface area contributed by atoms with Gasteiger partial charge in [0.15, 0.2) is 0 Å². The Hall–Kier alpha value is -6.71. The molecule has 5 aromatic carbocycles. The molecular formula is C69H82ClF3N10O9S3. The fourth-order valence-corrected chi connectivity index (χ4v) is 17.8. The molecule has 1 spiro atoms. The van der Waals surface area contributed by atoms with Crippen LogP contribution in [0.2, 0.25) is 5.02 Å². The van der Waals surface area contributed by atoms with E-state index in [2.05, 4.69) is 53.3 Å². The van der Waals surface area contributed by atoms with Crippen LogP contribution in [0.25, 0.3) is 16.6 Å². The molecule has 1 aliphatic carbocycles. The number of imide groups is 1. The first-order chi connectivity index (χ1) is 45.6. The predicted molar refractivity (Wildman–Crippen MR) is 364 cm³/mol. The number of halogens is 4. The highest BCUT2D eigenvalue weighted by Gasteiger charge is 2.49. The number of piperazine rings is 1. The Morgan fingerprint density at radius 1 is 0.747 bits per heavy atom. The van der Waals surface area contributed by atoms with Crippen molar-refractivity contribution in [3.05, 3.63) is 147 Å². The molecule has 1 aromatic heterocycles. The van der Waals surface area contributed by atoms with Gasteiger partial charge in [0, 0.05) is 131 Å². The third kappa shape index (κ3) is 15.8. The van der Waals surface area contributed by atoms with Gasteiger partial charge in [0.1, 0.15) is 10.9 Å². The van der Waals surface area contributed by atoms with Crippen LogP contribution < -0.4 is 30.8 Å². The van der Waals surface area contributed by atoms with E-state index >= 15 is 0 Å². The van der Waals surface area contributed by atoms with Gasteiger partial charge in [-0.1, -0.05) is 47.5 Å². The Morgan fingerprint density at radius 2 is 1.46 bits per heavy atom. The second-order valence-electron chi connectivity index (χ2n) is 26.3. The number of nitrogens with one attached hydrogen (secondary N) is 3. The lowest BCUT2D eigenvalue weighted by atomic mass is 9.65. The van der Waals surface area contributed by atoms with Crippen molar-refractivity contribution < 1.29 is 49.1 Å². The maximum atomic E-state index is 14.4. The van der Waals surface area contributed by atoms with Crippen molar-refractivity contribution in [3.63, 3.8) is 0 Å². The number of aryl methyl sites for hydroxylation is 1. The van der Waals surface area contributed by atoms with E-state index in [1.165, 1.54) is 45.2 Å². The predicted octanol–water partition coefficient (Wildman–Crippen LogP) is 9.83. The normalized spacial score (nSPS) is 20.5. The van der Waals surface area contributed by atoms with Crippen LogP contribution in [0.5, 0.6) is 0 Å². The maximum absolute atomic E-state index is 14.4. The van der Waals surface area contributed by atoms with Crippen molar-refractivity contribution in [1.29, 1.82) is 0 Å². The van der Waals surface area contributed by atoms with Gasteiger partial charge in [-0.05, 0) is 185 Å². The van der Waals surface area contributed by atoms with Crippen molar-refractivity contribution in [2.24, 2.45) is 18.4 Å². The molecule has 6 aromatic rings. The summed E-state index contributed by atoms with van der Waals surface area (Å²) in [5.74, 6) is -0.862. The zero-order chi connectivity index (χ0) is 66.7. The van der Waals surface area contributed by atoms with Crippen molar-refractivity contribution in [2.45, 2.75) is 103 Å². The third-order valence-electron chi connectivity index (χ3n) is 20.1. The number of carbonyl (C=O) groups excluding carboxylic acids is 3. The number of ether oxygens (including phenoxy) is 1. The van der Waals surface area contributed by atoms with Crippen LogP contribution in [-0.4, -0.2) is 174 Å². The molecular weight excluding hydrogens is 1300 g/mol. The number of amides is 3. The average molecular weight is 1380 g/mol. The second-order valence-corrected chi connectivity index (χ2v) is 31.4. The number of imidazole rings is 1. The topological polar surface area (TPSA) is 208 Å². The van der Waals surface area contributed by atoms with Gasteiger partial charge in [0.2, 0.25) is 11.8 Å². The molecule has 26 heteroatoms. The number of piperidine rings is 3. The molecule has 5 aliphatic heterocycles. The first-order valence-electron chi connectivity index (χ1n) is 32.9. The van der Waals surface area contributed by atoms with Gasteiger partial charge in [0.05, 0.1) is 28.2 Å². The monoisotopic (exact) mass is 1380 g/mol. The number of rotatable bonds is 20. The Bertz CT molecular complexity index is 4090. The lowest BCUT2D eigenvalue weighted by Gasteiger charge is -2.47. The van der Waals surface area contributed by atoms with Gasteiger partial charge in [-0.3, -0.25) is 33.7 Å². The zero-order valence-corrected chi connectivity index (χ0v) is 56.5. The van der Waals surface area contributed by atoms with E-state index in [0.717, 1.165) is 144 Å². The summed E-state index contributed by atoms with van der Waals surface area (Å²) >= 11 is 7.85. The number of thioether (sulfide) groups is 1. The molecule has 508 valence electrons. The summed E-state index contributed by atoms with van der Waals surface area (Å²) in [6, 6.07) is 31.3. The number of likely N-dealkylation sites (tertiary alicyclic amines) is 1. The van der Waals surface area contributed by atoms with E-state index in [1.807, 2.05) is 59.3 Å². The second kappa shape index (κ2) is 29.2. The minimum Gasteiger partial charge on any atom is -0.380 e. The molecule has 6 aliphatic rings. The summed E-state index contributed by atoms with van der Waals surface area (Å²) in [4.78, 5) is 62.5. The number of benzene rings is 5. The summed E-state index contributed by atoms with van der Waals surface area (Å²) in [5, 5.41) is 6.11.